The molecule has 182 valence electrons. The molecule has 9 nitrogen and oxygen atoms in total. The molecule has 1 aromatic carbocycles. The lowest BCUT2D eigenvalue weighted by Gasteiger charge is -2.33. The molecule has 0 bridgehead atoms. The van der Waals surface area contributed by atoms with E-state index < -0.39 is 5.60 Å². The maximum Gasteiger partial charge on any atom is 0.410 e. The molecule has 0 aliphatic carbocycles. The molecule has 1 aromatic heterocycles. The Balaban J connectivity index is 1.26. The molecule has 2 aromatic rings. The number of nitrogens with one attached hydrogen (secondary N) is 1. The molecule has 1 N–H and O–H groups in total. The van der Waals surface area contributed by atoms with E-state index in [-0.39, 0.29) is 29.9 Å². The van der Waals surface area contributed by atoms with Crippen molar-refractivity contribution in [3.8, 4) is 5.75 Å². The van der Waals surface area contributed by atoms with Crippen molar-refractivity contribution in [2.45, 2.75) is 70.6 Å². The van der Waals surface area contributed by atoms with E-state index in [9.17, 15) is 14.4 Å². The van der Waals surface area contributed by atoms with Crippen molar-refractivity contribution in [1.82, 2.24) is 20.0 Å². The SMILES string of the molecule is CC(C)(C)OC(=O)N1CCC(n2cc(COc3ccc(C4CCC(=O)NC4=O)cc3)cn2)CC1. The van der Waals surface area contributed by atoms with Gasteiger partial charge in [-0.3, -0.25) is 19.6 Å². The molecule has 0 saturated carbocycles. The zero-order chi connectivity index (χ0) is 24.3. The molecule has 2 aliphatic rings. The smallest absolute Gasteiger partial charge is 0.410 e. The van der Waals surface area contributed by atoms with Crippen LogP contribution in [0.5, 0.6) is 5.75 Å². The zero-order valence-corrected chi connectivity index (χ0v) is 20.0. The standard InChI is InChI=1S/C25H32N4O5/c1-25(2,3)34-24(32)28-12-10-19(11-13-28)29-15-17(14-26-29)16-33-20-6-4-18(5-7-20)21-8-9-22(30)27-23(21)31/h4-7,14-15,19,21H,8-13,16H2,1-3H3,(H,27,30,31). The van der Waals surface area contributed by atoms with E-state index in [0.717, 1.165) is 24.0 Å². The molecule has 0 spiro atoms. The van der Waals surface area contributed by atoms with Gasteiger partial charge in [-0.05, 0) is 57.7 Å². The highest BCUT2D eigenvalue weighted by Gasteiger charge is 2.29. The summed E-state index contributed by atoms with van der Waals surface area (Å²) in [7, 11) is 0. The van der Waals surface area contributed by atoms with Gasteiger partial charge in [-0.15, -0.1) is 0 Å². The fourth-order valence-electron chi connectivity index (χ4n) is 4.27. The van der Waals surface area contributed by atoms with Crippen LogP contribution >= 0.6 is 0 Å². The number of likely N-dealkylation sites (tertiary alicyclic amines) is 1. The third kappa shape index (κ3) is 5.95. The largest absolute Gasteiger partial charge is 0.489 e. The van der Waals surface area contributed by atoms with E-state index in [1.54, 1.807) is 11.1 Å². The number of aromatic nitrogens is 2. The second-order valence-corrected chi connectivity index (χ2v) is 9.89. The van der Waals surface area contributed by atoms with Gasteiger partial charge in [0.25, 0.3) is 0 Å². The predicted molar refractivity (Wildman–Crippen MR) is 124 cm³/mol. The Bertz CT molecular complexity index is 1030. The second-order valence-electron chi connectivity index (χ2n) is 9.89. The Morgan fingerprint density at radius 3 is 2.47 bits per heavy atom. The topological polar surface area (TPSA) is 103 Å². The van der Waals surface area contributed by atoms with Gasteiger partial charge in [0.1, 0.15) is 18.0 Å². The molecule has 9 heteroatoms. The van der Waals surface area contributed by atoms with E-state index in [0.29, 0.717) is 38.3 Å². The fourth-order valence-corrected chi connectivity index (χ4v) is 4.27. The Labute approximate surface area is 199 Å². The minimum Gasteiger partial charge on any atom is -0.489 e. The van der Waals surface area contributed by atoms with Crippen molar-refractivity contribution >= 4 is 17.9 Å². The lowest BCUT2D eigenvalue weighted by Crippen LogP contribution is -2.42. The number of hydrogen-bond donors (Lipinski definition) is 1. The number of imide groups is 1. The molecular formula is C25H32N4O5. The lowest BCUT2D eigenvalue weighted by atomic mass is 9.90. The molecule has 1 unspecified atom stereocenters. The van der Waals surface area contributed by atoms with Crippen molar-refractivity contribution < 1.29 is 23.9 Å². The van der Waals surface area contributed by atoms with Crippen LogP contribution in [0.1, 0.15) is 69.5 Å². The molecule has 2 aliphatic heterocycles. The fraction of sp³-hybridized carbons (Fsp3) is 0.520. The molecule has 2 fully saturated rings. The highest BCUT2D eigenvalue weighted by molar-refractivity contribution is 6.00. The first-order valence-electron chi connectivity index (χ1n) is 11.8. The molecular weight excluding hydrogens is 436 g/mol. The number of carbonyl (C=O) groups is 3. The Hall–Kier alpha value is -3.36. The van der Waals surface area contributed by atoms with Crippen molar-refractivity contribution in [1.29, 1.82) is 0 Å². The first-order valence-corrected chi connectivity index (χ1v) is 11.8. The van der Waals surface area contributed by atoms with Gasteiger partial charge >= 0.3 is 6.09 Å². The van der Waals surface area contributed by atoms with Crippen LogP contribution in [0, 0.1) is 0 Å². The normalized spacial score (nSPS) is 19.6. The zero-order valence-electron chi connectivity index (χ0n) is 20.0. The summed E-state index contributed by atoms with van der Waals surface area (Å²) in [4.78, 5) is 37.4. The maximum atomic E-state index is 12.3. The molecule has 34 heavy (non-hydrogen) atoms. The summed E-state index contributed by atoms with van der Waals surface area (Å²) in [6, 6.07) is 7.67. The molecule has 4 rings (SSSR count). The van der Waals surface area contributed by atoms with Crippen LogP contribution in [0.3, 0.4) is 0 Å². The number of nitrogens with zero attached hydrogens (tertiary/aromatic N) is 3. The molecule has 2 saturated heterocycles. The average Bonchev–Trinajstić information content (AvgIpc) is 3.26. The van der Waals surface area contributed by atoms with Gasteiger partial charge in [0.2, 0.25) is 11.8 Å². The Kier molecular flexibility index (Phi) is 6.90. The molecule has 0 radical (unpaired) electrons. The van der Waals surface area contributed by atoms with E-state index in [1.165, 1.54) is 0 Å². The number of benzene rings is 1. The van der Waals surface area contributed by atoms with Crippen LogP contribution in [0.25, 0.3) is 0 Å². The van der Waals surface area contributed by atoms with Gasteiger partial charge in [-0.1, -0.05) is 12.1 Å². The van der Waals surface area contributed by atoms with E-state index in [2.05, 4.69) is 10.4 Å². The Morgan fingerprint density at radius 2 is 1.82 bits per heavy atom. The minimum atomic E-state index is -0.490. The maximum absolute atomic E-state index is 12.3. The van der Waals surface area contributed by atoms with Gasteiger partial charge in [0.15, 0.2) is 0 Å². The summed E-state index contributed by atoms with van der Waals surface area (Å²) < 4.78 is 13.3. The van der Waals surface area contributed by atoms with Gasteiger partial charge < -0.3 is 14.4 Å². The average molecular weight is 469 g/mol. The van der Waals surface area contributed by atoms with Crippen molar-refractivity contribution in [3.05, 3.63) is 47.8 Å². The summed E-state index contributed by atoms with van der Waals surface area (Å²) in [5.74, 6) is -0.0502. The summed E-state index contributed by atoms with van der Waals surface area (Å²) in [5, 5.41) is 6.89. The number of carbonyl (C=O) groups excluding carboxylic acids is 3. The number of amides is 3. The second kappa shape index (κ2) is 9.87. The van der Waals surface area contributed by atoms with Gasteiger partial charge in [0.05, 0.1) is 18.2 Å². The van der Waals surface area contributed by atoms with E-state index in [1.807, 2.05) is 55.9 Å². The van der Waals surface area contributed by atoms with Crippen LogP contribution < -0.4 is 10.1 Å². The van der Waals surface area contributed by atoms with Gasteiger partial charge in [0, 0.05) is 31.3 Å². The quantitative estimate of drug-likeness (QED) is 0.673. The summed E-state index contributed by atoms with van der Waals surface area (Å²) >= 11 is 0. The van der Waals surface area contributed by atoms with Crippen molar-refractivity contribution in [2.75, 3.05) is 13.1 Å². The number of piperidine rings is 2. The van der Waals surface area contributed by atoms with Crippen molar-refractivity contribution in [2.24, 2.45) is 0 Å². The summed E-state index contributed by atoms with van der Waals surface area (Å²) in [6.45, 7) is 7.29. The third-order valence-electron chi connectivity index (χ3n) is 6.07. The lowest BCUT2D eigenvalue weighted by molar-refractivity contribution is -0.134. The van der Waals surface area contributed by atoms with Gasteiger partial charge in [-0.25, -0.2) is 4.79 Å². The number of hydrogen-bond acceptors (Lipinski definition) is 6. The van der Waals surface area contributed by atoms with Gasteiger partial charge in [-0.2, -0.15) is 5.10 Å². The van der Waals surface area contributed by atoms with Crippen LogP contribution in [0.4, 0.5) is 4.79 Å². The third-order valence-corrected chi connectivity index (χ3v) is 6.07. The molecule has 3 amide bonds. The summed E-state index contributed by atoms with van der Waals surface area (Å²) in [5.41, 5.74) is 1.35. The van der Waals surface area contributed by atoms with Crippen LogP contribution in [0.2, 0.25) is 0 Å². The monoisotopic (exact) mass is 468 g/mol. The van der Waals surface area contributed by atoms with Crippen LogP contribution in [-0.2, 0) is 20.9 Å². The van der Waals surface area contributed by atoms with E-state index in [4.69, 9.17) is 9.47 Å². The van der Waals surface area contributed by atoms with Crippen LogP contribution in [-0.4, -0.2) is 51.3 Å². The van der Waals surface area contributed by atoms with Crippen LogP contribution in [0.15, 0.2) is 36.7 Å². The first kappa shape index (κ1) is 23.8. The predicted octanol–water partition coefficient (Wildman–Crippen LogP) is 3.55. The van der Waals surface area contributed by atoms with Crippen molar-refractivity contribution in [3.63, 3.8) is 0 Å². The van der Waals surface area contributed by atoms with E-state index >= 15 is 0 Å². The Morgan fingerprint density at radius 1 is 1.12 bits per heavy atom. The highest BCUT2D eigenvalue weighted by Crippen LogP contribution is 2.27. The number of rotatable bonds is 5. The molecule has 3 heterocycles. The highest BCUT2D eigenvalue weighted by atomic mass is 16.6. The summed E-state index contributed by atoms with van der Waals surface area (Å²) in [6.07, 6.45) is 6.07. The number of ether oxygens (including phenoxy) is 2. The minimum absolute atomic E-state index is 0.213. The molecule has 1 atom stereocenters. The first-order chi connectivity index (χ1) is 16.2.